The fourth-order valence-electron chi connectivity index (χ4n) is 2.88. The van der Waals surface area contributed by atoms with Crippen molar-refractivity contribution in [2.75, 3.05) is 37.4 Å². The molecule has 0 radical (unpaired) electrons. The predicted octanol–water partition coefficient (Wildman–Crippen LogP) is 1.63. The van der Waals surface area contributed by atoms with E-state index in [-0.39, 0.29) is 5.75 Å². The third-order valence-electron chi connectivity index (χ3n) is 4.15. The van der Waals surface area contributed by atoms with Gasteiger partial charge in [0.2, 0.25) is 10.0 Å². The maximum atomic E-state index is 11.6. The first-order chi connectivity index (χ1) is 9.54. The maximum Gasteiger partial charge on any atom is 0.213 e. The first-order valence-electron chi connectivity index (χ1n) is 7.45. The molecule has 0 aromatic carbocycles. The zero-order valence-corrected chi connectivity index (χ0v) is 14.8. The second-order valence-corrected chi connectivity index (χ2v) is 10.5. The Kier molecular flexibility index (Phi) is 6.53. The van der Waals surface area contributed by atoms with Gasteiger partial charge in [-0.05, 0) is 32.7 Å². The molecule has 2 aliphatic rings. The molecule has 0 spiro atoms. The second kappa shape index (κ2) is 7.72. The Balaban J connectivity index is 1.66. The summed E-state index contributed by atoms with van der Waals surface area (Å²) in [5.74, 6) is 2.77. The monoisotopic (exact) mass is 338 g/mol. The van der Waals surface area contributed by atoms with E-state index < -0.39 is 10.0 Å². The summed E-state index contributed by atoms with van der Waals surface area (Å²) in [5.41, 5.74) is 0. The summed E-state index contributed by atoms with van der Waals surface area (Å²) in [5, 5.41) is 5.26. The van der Waals surface area contributed by atoms with E-state index in [0.29, 0.717) is 12.6 Å². The van der Waals surface area contributed by atoms with Gasteiger partial charge in [-0.25, -0.2) is 12.7 Å². The van der Waals surface area contributed by atoms with Gasteiger partial charge in [-0.15, -0.1) is 0 Å². The van der Waals surface area contributed by atoms with Crippen molar-refractivity contribution in [2.24, 2.45) is 0 Å². The van der Waals surface area contributed by atoms with Crippen molar-refractivity contribution in [3.8, 4) is 0 Å². The topological polar surface area (TPSA) is 49.4 Å². The molecule has 2 fully saturated rings. The molecule has 1 N–H and O–H groups in total. The van der Waals surface area contributed by atoms with Gasteiger partial charge in [0.05, 0.1) is 5.75 Å². The molecule has 1 aliphatic carbocycles. The highest BCUT2D eigenvalue weighted by atomic mass is 32.2. The molecule has 1 saturated carbocycles. The van der Waals surface area contributed by atoms with Crippen molar-refractivity contribution in [3.05, 3.63) is 0 Å². The first kappa shape index (κ1) is 16.9. The Labute approximate surface area is 131 Å². The molecule has 0 unspecified atom stereocenters. The van der Waals surface area contributed by atoms with Crippen molar-refractivity contribution < 1.29 is 8.42 Å². The largest absolute Gasteiger partial charge is 0.313 e. The van der Waals surface area contributed by atoms with Gasteiger partial charge in [0.15, 0.2) is 0 Å². The molecule has 0 bridgehead atoms. The lowest BCUT2D eigenvalue weighted by molar-refractivity contribution is 0.441. The lowest BCUT2D eigenvalue weighted by Crippen LogP contribution is -2.40. The molecular weight excluding hydrogens is 312 g/mol. The number of hydrogen-bond donors (Lipinski definition) is 1. The molecule has 1 saturated heterocycles. The number of rotatable bonds is 7. The summed E-state index contributed by atoms with van der Waals surface area (Å²) >= 11 is 4.26. The van der Waals surface area contributed by atoms with Crippen LogP contribution in [0.25, 0.3) is 0 Å². The van der Waals surface area contributed by atoms with Crippen molar-refractivity contribution >= 4 is 33.5 Å². The van der Waals surface area contributed by atoms with E-state index in [1.54, 1.807) is 14.0 Å². The second-order valence-electron chi connectivity index (χ2n) is 5.46. The van der Waals surface area contributed by atoms with Crippen molar-refractivity contribution in [1.82, 2.24) is 9.62 Å². The van der Waals surface area contributed by atoms with Crippen LogP contribution in [-0.2, 0) is 10.0 Å². The Morgan fingerprint density at radius 1 is 1.25 bits per heavy atom. The van der Waals surface area contributed by atoms with Gasteiger partial charge in [0.25, 0.3) is 0 Å². The molecule has 4 nitrogen and oxygen atoms in total. The average molecular weight is 339 g/mol. The molecule has 0 amide bonds. The maximum absolute atomic E-state index is 11.6. The number of hydrogen-bond acceptors (Lipinski definition) is 5. The number of sulfonamides is 1. The van der Waals surface area contributed by atoms with Gasteiger partial charge in [-0.3, -0.25) is 0 Å². The first-order valence-corrected chi connectivity index (χ1v) is 11.2. The lowest BCUT2D eigenvalue weighted by atomic mass is 10.2. The summed E-state index contributed by atoms with van der Waals surface area (Å²) in [6, 6.07) is 0.630. The minimum atomic E-state index is -3.02. The minimum absolute atomic E-state index is 0.192. The normalized spacial score (nSPS) is 30.6. The molecule has 20 heavy (non-hydrogen) atoms. The van der Waals surface area contributed by atoms with Gasteiger partial charge < -0.3 is 5.32 Å². The van der Waals surface area contributed by atoms with Crippen LogP contribution >= 0.6 is 23.5 Å². The van der Waals surface area contributed by atoms with E-state index in [2.05, 4.69) is 28.8 Å². The molecule has 3 atom stereocenters. The Morgan fingerprint density at radius 2 is 2.00 bits per heavy atom. The van der Waals surface area contributed by atoms with Gasteiger partial charge in [-0.2, -0.15) is 23.5 Å². The van der Waals surface area contributed by atoms with Gasteiger partial charge in [0.1, 0.15) is 0 Å². The van der Waals surface area contributed by atoms with E-state index >= 15 is 0 Å². The number of nitrogens with zero attached hydrogens (tertiary/aromatic N) is 1. The highest BCUT2D eigenvalue weighted by molar-refractivity contribution is 8.07. The summed E-state index contributed by atoms with van der Waals surface area (Å²) < 4.78 is 24.8. The fourth-order valence-corrected chi connectivity index (χ4v) is 7.05. The van der Waals surface area contributed by atoms with Gasteiger partial charge >= 0.3 is 0 Å². The van der Waals surface area contributed by atoms with Crippen LogP contribution in [0.2, 0.25) is 0 Å². The van der Waals surface area contributed by atoms with E-state index in [4.69, 9.17) is 0 Å². The fraction of sp³-hybridized carbons (Fsp3) is 1.00. The third-order valence-corrected chi connectivity index (χ3v) is 9.32. The zero-order chi connectivity index (χ0) is 14.6. The highest BCUT2D eigenvalue weighted by Crippen LogP contribution is 2.41. The smallest absolute Gasteiger partial charge is 0.213 e. The Morgan fingerprint density at radius 3 is 2.75 bits per heavy atom. The van der Waals surface area contributed by atoms with E-state index in [9.17, 15) is 8.42 Å². The van der Waals surface area contributed by atoms with Crippen molar-refractivity contribution in [1.29, 1.82) is 0 Å². The molecule has 7 heteroatoms. The SMILES string of the molecule is CCS(=O)(=O)N(C)CCCN[C@@H]1CC[C@@H]2SCCS[C@H]21. The van der Waals surface area contributed by atoms with Gasteiger partial charge in [0, 0.05) is 41.6 Å². The minimum Gasteiger partial charge on any atom is -0.313 e. The van der Waals surface area contributed by atoms with Crippen molar-refractivity contribution in [3.63, 3.8) is 0 Å². The summed E-state index contributed by atoms with van der Waals surface area (Å²) in [7, 11) is -1.34. The van der Waals surface area contributed by atoms with Crippen LogP contribution in [0.5, 0.6) is 0 Å². The van der Waals surface area contributed by atoms with Crippen LogP contribution < -0.4 is 5.32 Å². The molecular formula is C13H26N2O2S3. The molecule has 0 aromatic rings. The lowest BCUT2D eigenvalue weighted by Gasteiger charge is -2.29. The highest BCUT2D eigenvalue weighted by Gasteiger charge is 2.38. The zero-order valence-electron chi connectivity index (χ0n) is 12.4. The molecule has 1 heterocycles. The van der Waals surface area contributed by atoms with Crippen LogP contribution in [0.1, 0.15) is 26.2 Å². The summed E-state index contributed by atoms with van der Waals surface area (Å²) in [4.78, 5) is 0. The molecule has 1 aliphatic heterocycles. The van der Waals surface area contributed by atoms with E-state index in [0.717, 1.165) is 23.5 Å². The Hall–Kier alpha value is 0.570. The third kappa shape index (κ3) is 4.29. The van der Waals surface area contributed by atoms with Gasteiger partial charge in [-0.1, -0.05) is 0 Å². The van der Waals surface area contributed by atoms with Crippen LogP contribution in [0.4, 0.5) is 0 Å². The number of thioether (sulfide) groups is 2. The molecule has 2 rings (SSSR count). The quantitative estimate of drug-likeness (QED) is 0.715. The van der Waals surface area contributed by atoms with Crippen LogP contribution in [0.3, 0.4) is 0 Å². The van der Waals surface area contributed by atoms with Crippen LogP contribution in [0.15, 0.2) is 0 Å². The average Bonchev–Trinajstić information content (AvgIpc) is 2.86. The summed E-state index contributed by atoms with van der Waals surface area (Å²) in [6.45, 7) is 3.23. The van der Waals surface area contributed by atoms with Crippen LogP contribution in [-0.4, -0.2) is 66.7 Å². The number of fused-ring (bicyclic) bond motifs is 1. The van der Waals surface area contributed by atoms with E-state index in [1.165, 1.54) is 28.7 Å². The van der Waals surface area contributed by atoms with E-state index in [1.807, 2.05) is 0 Å². The number of nitrogens with one attached hydrogen (secondary N) is 1. The Bertz CT molecular complexity index is 402. The standard InChI is InChI=1S/C13H26N2O2S3/c1-3-20(16,17)15(2)8-4-7-14-11-5-6-12-13(11)19-10-9-18-12/h11-14H,3-10H2,1-2H3/t11-,12+,13+/m1/s1. The molecule has 118 valence electrons. The van der Waals surface area contributed by atoms with Crippen LogP contribution in [0, 0.1) is 0 Å². The molecule has 0 aromatic heterocycles. The van der Waals surface area contributed by atoms with Crippen molar-refractivity contribution in [2.45, 2.75) is 42.7 Å². The summed E-state index contributed by atoms with van der Waals surface area (Å²) in [6.07, 6.45) is 3.50. The predicted molar refractivity (Wildman–Crippen MR) is 90.2 cm³/mol.